The summed E-state index contributed by atoms with van der Waals surface area (Å²) in [5, 5.41) is 5.40. The van der Waals surface area contributed by atoms with Gasteiger partial charge in [0.15, 0.2) is 5.17 Å². The lowest BCUT2D eigenvalue weighted by molar-refractivity contribution is -0.141. The van der Waals surface area contributed by atoms with Gasteiger partial charge in [0.1, 0.15) is 18.2 Å². The summed E-state index contributed by atoms with van der Waals surface area (Å²) in [4.78, 5) is 32.7. The van der Waals surface area contributed by atoms with Crippen LogP contribution in [0.25, 0.3) is 0 Å². The molecular weight excluding hydrogens is 497 g/mol. The number of hydrogen-bond acceptors (Lipinski definition) is 8. The quantitative estimate of drug-likeness (QED) is 0.365. The zero-order valence-electron chi connectivity index (χ0n) is 20.8. The molecule has 194 valence electrons. The number of fused-ring (bicyclic) bond motifs is 1. The van der Waals surface area contributed by atoms with E-state index in [0.29, 0.717) is 27.9 Å². The zero-order chi connectivity index (χ0) is 26.4. The van der Waals surface area contributed by atoms with Crippen molar-refractivity contribution in [3.63, 3.8) is 0 Å². The van der Waals surface area contributed by atoms with Crippen LogP contribution < -0.4 is 10.1 Å². The Morgan fingerprint density at radius 1 is 1.11 bits per heavy atom. The number of para-hydroxylation sites is 1. The third-order valence-electron chi connectivity index (χ3n) is 5.92. The average Bonchev–Trinajstić information content (AvgIpc) is 3.29. The van der Waals surface area contributed by atoms with Crippen molar-refractivity contribution in [2.24, 2.45) is 4.99 Å². The second kappa shape index (κ2) is 12.1. The molecule has 10 heteroatoms. The van der Waals surface area contributed by atoms with E-state index >= 15 is 0 Å². The third kappa shape index (κ3) is 6.03. The minimum atomic E-state index is -0.607. The number of nitrogens with one attached hydrogen (secondary N) is 1. The Kier molecular flexibility index (Phi) is 8.62. The number of methoxy groups -OCH3 is 2. The van der Waals surface area contributed by atoms with Crippen LogP contribution in [-0.4, -0.2) is 49.4 Å². The lowest BCUT2D eigenvalue weighted by atomic mass is 9.93. The Hall–Kier alpha value is -3.63. The number of benzene rings is 2. The fourth-order valence-corrected chi connectivity index (χ4v) is 5.11. The maximum absolute atomic E-state index is 13.3. The van der Waals surface area contributed by atoms with Crippen molar-refractivity contribution in [2.45, 2.75) is 25.9 Å². The van der Waals surface area contributed by atoms with E-state index in [1.54, 1.807) is 26.2 Å². The molecule has 0 saturated heterocycles. The summed E-state index contributed by atoms with van der Waals surface area (Å²) in [6, 6.07) is 12.8. The van der Waals surface area contributed by atoms with Crippen molar-refractivity contribution >= 4 is 28.8 Å². The van der Waals surface area contributed by atoms with Crippen LogP contribution in [0.15, 0.2) is 75.9 Å². The van der Waals surface area contributed by atoms with Gasteiger partial charge < -0.3 is 24.4 Å². The number of carbonyl (C=O) groups excluding carboxylic acids is 2. The highest BCUT2D eigenvalue weighted by molar-refractivity contribution is 8.16. The fraction of sp³-hybridized carbons (Fsp3) is 0.296. The molecule has 0 bridgehead atoms. The van der Waals surface area contributed by atoms with Crippen molar-refractivity contribution in [3.05, 3.63) is 87.9 Å². The maximum Gasteiger partial charge on any atom is 0.338 e. The number of esters is 1. The van der Waals surface area contributed by atoms with Gasteiger partial charge in [0, 0.05) is 24.9 Å². The molecule has 0 radical (unpaired) electrons. The minimum absolute atomic E-state index is 0.0594. The van der Waals surface area contributed by atoms with Crippen molar-refractivity contribution in [1.29, 1.82) is 0 Å². The predicted molar refractivity (Wildman–Crippen MR) is 139 cm³/mol. The maximum atomic E-state index is 13.3. The van der Waals surface area contributed by atoms with Crippen LogP contribution in [0.4, 0.5) is 4.39 Å². The summed E-state index contributed by atoms with van der Waals surface area (Å²) in [7, 11) is 3.11. The van der Waals surface area contributed by atoms with E-state index in [9.17, 15) is 14.0 Å². The topological polar surface area (TPSA) is 89.5 Å². The van der Waals surface area contributed by atoms with Gasteiger partial charge in [-0.1, -0.05) is 42.1 Å². The van der Waals surface area contributed by atoms with Crippen molar-refractivity contribution in [2.75, 3.05) is 27.4 Å². The number of rotatable bonds is 10. The minimum Gasteiger partial charge on any atom is -0.496 e. The van der Waals surface area contributed by atoms with Gasteiger partial charge in [-0.2, -0.15) is 0 Å². The molecule has 2 aromatic rings. The number of allylic oxidation sites excluding steroid dienone is 1. The largest absolute Gasteiger partial charge is 0.496 e. The van der Waals surface area contributed by atoms with Gasteiger partial charge in [-0.05, 0) is 36.1 Å². The normalized spacial score (nSPS) is 16.6. The first kappa shape index (κ1) is 26.4. The SMILES string of the molecule is COCCOC(=O)C1=C(C)N=C2SC=C(CC(=O)NCc3ccc(F)cc3)N2C1c1ccccc1OC. The van der Waals surface area contributed by atoms with Gasteiger partial charge in [0.05, 0.1) is 37.4 Å². The molecule has 1 unspecified atom stereocenters. The summed E-state index contributed by atoms with van der Waals surface area (Å²) >= 11 is 1.39. The van der Waals surface area contributed by atoms with Crippen LogP contribution in [0.5, 0.6) is 5.75 Å². The first-order valence-electron chi connectivity index (χ1n) is 11.7. The second-order valence-corrected chi connectivity index (χ2v) is 9.18. The predicted octanol–water partition coefficient (Wildman–Crippen LogP) is 4.31. The summed E-state index contributed by atoms with van der Waals surface area (Å²) in [6.45, 7) is 2.41. The summed E-state index contributed by atoms with van der Waals surface area (Å²) in [6.07, 6.45) is 0.0594. The first-order valence-corrected chi connectivity index (χ1v) is 12.6. The molecule has 4 rings (SSSR count). The molecule has 37 heavy (non-hydrogen) atoms. The Balaban J connectivity index is 1.61. The van der Waals surface area contributed by atoms with E-state index in [1.165, 1.54) is 31.0 Å². The van der Waals surface area contributed by atoms with E-state index in [1.807, 2.05) is 34.6 Å². The van der Waals surface area contributed by atoms with Crippen LogP contribution in [-0.2, 0) is 25.6 Å². The highest BCUT2D eigenvalue weighted by Crippen LogP contribution is 2.46. The van der Waals surface area contributed by atoms with Crippen LogP contribution in [0, 0.1) is 5.82 Å². The summed E-state index contributed by atoms with van der Waals surface area (Å²) in [5.74, 6) is -0.458. The van der Waals surface area contributed by atoms with Crippen LogP contribution in [0.3, 0.4) is 0 Å². The van der Waals surface area contributed by atoms with Gasteiger partial charge in [0.25, 0.3) is 0 Å². The van der Waals surface area contributed by atoms with Gasteiger partial charge in [-0.15, -0.1) is 0 Å². The van der Waals surface area contributed by atoms with Crippen LogP contribution in [0.2, 0.25) is 0 Å². The molecule has 0 saturated carbocycles. The molecule has 2 aliphatic heterocycles. The highest BCUT2D eigenvalue weighted by Gasteiger charge is 2.42. The van der Waals surface area contributed by atoms with Crippen LogP contribution >= 0.6 is 11.8 Å². The number of hydrogen-bond donors (Lipinski definition) is 1. The van der Waals surface area contributed by atoms with Gasteiger partial charge in [0.2, 0.25) is 5.91 Å². The van der Waals surface area contributed by atoms with Crippen molar-refractivity contribution in [3.8, 4) is 5.75 Å². The standard InChI is InChI=1S/C27H28FN3O5S/c1-17-24(26(33)36-13-12-34-2)25(21-6-4-5-7-22(21)35-3)31-20(16-37-27(31)30-17)14-23(32)29-15-18-8-10-19(28)11-9-18/h4-11,16,25H,12-15H2,1-3H3,(H,29,32). The second-order valence-electron chi connectivity index (χ2n) is 8.34. The fourth-order valence-electron chi connectivity index (χ4n) is 4.14. The number of aliphatic imine (C=N–C) groups is 1. The Labute approximate surface area is 219 Å². The van der Waals surface area contributed by atoms with Gasteiger partial charge in [-0.3, -0.25) is 4.79 Å². The van der Waals surface area contributed by atoms with Crippen molar-refractivity contribution < 1.29 is 28.2 Å². The average molecular weight is 526 g/mol. The lowest BCUT2D eigenvalue weighted by Crippen LogP contribution is -2.38. The Bertz CT molecular complexity index is 1260. The molecule has 0 fully saturated rings. The molecule has 1 N–H and O–H groups in total. The molecule has 2 heterocycles. The number of nitrogens with zero attached hydrogens (tertiary/aromatic N) is 2. The molecular formula is C27H28FN3O5S. The monoisotopic (exact) mass is 525 g/mol. The van der Waals surface area contributed by atoms with Crippen LogP contribution in [0.1, 0.15) is 30.5 Å². The first-order chi connectivity index (χ1) is 17.9. The number of halogens is 1. The number of amides is 1. The number of carbonyl (C=O) groups is 2. The number of amidine groups is 1. The molecule has 2 aromatic carbocycles. The van der Waals surface area contributed by atoms with E-state index in [2.05, 4.69) is 10.3 Å². The zero-order valence-corrected chi connectivity index (χ0v) is 21.6. The highest BCUT2D eigenvalue weighted by atomic mass is 32.2. The van der Waals surface area contributed by atoms with E-state index in [4.69, 9.17) is 14.2 Å². The van der Waals surface area contributed by atoms with E-state index in [-0.39, 0.29) is 37.9 Å². The molecule has 0 aromatic heterocycles. The number of thioether (sulfide) groups is 1. The third-order valence-corrected chi connectivity index (χ3v) is 6.81. The van der Waals surface area contributed by atoms with Gasteiger partial charge in [-0.25, -0.2) is 14.2 Å². The van der Waals surface area contributed by atoms with Crippen molar-refractivity contribution in [1.82, 2.24) is 10.2 Å². The Morgan fingerprint density at radius 3 is 2.59 bits per heavy atom. The smallest absolute Gasteiger partial charge is 0.338 e. The van der Waals surface area contributed by atoms with E-state index in [0.717, 1.165) is 11.1 Å². The molecule has 0 spiro atoms. The summed E-state index contributed by atoms with van der Waals surface area (Å²) < 4.78 is 29.3. The Morgan fingerprint density at radius 2 is 1.86 bits per heavy atom. The lowest BCUT2D eigenvalue weighted by Gasteiger charge is -2.36. The molecule has 8 nitrogen and oxygen atoms in total. The van der Waals surface area contributed by atoms with Gasteiger partial charge >= 0.3 is 5.97 Å². The molecule has 2 aliphatic rings. The molecule has 1 amide bonds. The van der Waals surface area contributed by atoms with E-state index < -0.39 is 12.0 Å². The molecule has 1 atom stereocenters. The molecule has 0 aliphatic carbocycles. The number of ether oxygens (including phenoxy) is 3. The summed E-state index contributed by atoms with van der Waals surface area (Å²) in [5.41, 5.74) is 3.12.